The summed E-state index contributed by atoms with van der Waals surface area (Å²) in [7, 11) is 0. The molecule has 0 fully saturated rings. The number of nitrogen functional groups attached to an aromatic ring is 1. The van der Waals surface area contributed by atoms with Crippen molar-refractivity contribution in [3.63, 3.8) is 0 Å². The number of amides is 1. The van der Waals surface area contributed by atoms with E-state index in [9.17, 15) is 14.9 Å². The molecule has 0 bridgehead atoms. The number of hydrogen-bond donors (Lipinski definition) is 3. The fraction of sp³-hybridized carbons (Fsp3) is 0.455. The third-order valence-electron chi connectivity index (χ3n) is 2.27. The van der Waals surface area contributed by atoms with Crippen molar-refractivity contribution >= 4 is 23.2 Å². The first-order valence-electron chi connectivity index (χ1n) is 5.95. The Hall–Kier alpha value is -2.38. The topological polar surface area (TPSA) is 123 Å². The summed E-state index contributed by atoms with van der Waals surface area (Å²) in [6.45, 7) is 2.94. The van der Waals surface area contributed by atoms with Crippen LogP contribution in [0, 0.1) is 10.1 Å². The summed E-state index contributed by atoms with van der Waals surface area (Å²) < 4.78 is 0. The Morgan fingerprint density at radius 1 is 1.47 bits per heavy atom. The van der Waals surface area contributed by atoms with Crippen LogP contribution in [-0.2, 0) is 4.79 Å². The number of nitro groups is 1. The Kier molecular flexibility index (Phi) is 5.52. The van der Waals surface area contributed by atoms with Crippen LogP contribution in [0.15, 0.2) is 12.1 Å². The molecule has 1 heterocycles. The van der Waals surface area contributed by atoms with Crippen molar-refractivity contribution in [3.8, 4) is 0 Å². The van der Waals surface area contributed by atoms with E-state index in [2.05, 4.69) is 15.6 Å². The molecule has 4 N–H and O–H groups in total. The minimum atomic E-state index is -0.544. The van der Waals surface area contributed by atoms with Gasteiger partial charge in [0.1, 0.15) is 11.6 Å². The van der Waals surface area contributed by atoms with Crippen molar-refractivity contribution in [1.82, 2.24) is 10.3 Å². The van der Waals surface area contributed by atoms with Gasteiger partial charge >= 0.3 is 0 Å². The van der Waals surface area contributed by atoms with Crippen molar-refractivity contribution < 1.29 is 9.72 Å². The first-order chi connectivity index (χ1) is 9.02. The molecule has 0 atom stereocenters. The van der Waals surface area contributed by atoms with Crippen molar-refractivity contribution in [1.29, 1.82) is 0 Å². The molecule has 104 valence electrons. The van der Waals surface area contributed by atoms with Crippen LogP contribution in [0.25, 0.3) is 0 Å². The number of anilines is 2. The van der Waals surface area contributed by atoms with Gasteiger partial charge in [-0.15, -0.1) is 0 Å². The maximum absolute atomic E-state index is 11.3. The zero-order chi connectivity index (χ0) is 14.3. The Balaban J connectivity index is 2.49. The van der Waals surface area contributed by atoms with E-state index in [0.717, 1.165) is 6.42 Å². The monoisotopic (exact) mass is 267 g/mol. The largest absolute Gasteiger partial charge is 0.383 e. The van der Waals surface area contributed by atoms with Crippen LogP contribution in [0.4, 0.5) is 17.3 Å². The third-order valence-corrected chi connectivity index (χ3v) is 2.27. The predicted molar refractivity (Wildman–Crippen MR) is 71.7 cm³/mol. The molecule has 8 nitrogen and oxygen atoms in total. The quantitative estimate of drug-likeness (QED) is 0.498. The van der Waals surface area contributed by atoms with Crippen molar-refractivity contribution in [2.24, 2.45) is 0 Å². The summed E-state index contributed by atoms with van der Waals surface area (Å²) in [5.74, 6) is 0.273. The summed E-state index contributed by atoms with van der Waals surface area (Å²) >= 11 is 0. The molecular weight excluding hydrogens is 250 g/mol. The van der Waals surface area contributed by atoms with E-state index < -0.39 is 4.92 Å². The zero-order valence-corrected chi connectivity index (χ0v) is 10.7. The van der Waals surface area contributed by atoms with Crippen LogP contribution in [0.3, 0.4) is 0 Å². The lowest BCUT2D eigenvalue weighted by Gasteiger charge is -2.06. The van der Waals surface area contributed by atoms with Gasteiger partial charge in [0.2, 0.25) is 5.91 Å². The lowest BCUT2D eigenvalue weighted by molar-refractivity contribution is -0.384. The molecule has 1 aromatic heterocycles. The molecule has 0 aliphatic carbocycles. The maximum atomic E-state index is 11.3. The Bertz CT molecular complexity index is 464. The fourth-order valence-corrected chi connectivity index (χ4v) is 1.39. The van der Waals surface area contributed by atoms with E-state index in [-0.39, 0.29) is 29.7 Å². The van der Waals surface area contributed by atoms with Crippen LogP contribution in [0.5, 0.6) is 0 Å². The molecule has 1 amide bonds. The van der Waals surface area contributed by atoms with Crippen LogP contribution < -0.4 is 16.4 Å². The van der Waals surface area contributed by atoms with Crippen LogP contribution in [0.2, 0.25) is 0 Å². The van der Waals surface area contributed by atoms with E-state index in [1.54, 1.807) is 0 Å². The van der Waals surface area contributed by atoms with E-state index in [1.165, 1.54) is 12.1 Å². The molecule has 0 saturated carbocycles. The second-order valence-corrected chi connectivity index (χ2v) is 3.92. The zero-order valence-electron chi connectivity index (χ0n) is 10.7. The van der Waals surface area contributed by atoms with Gasteiger partial charge in [-0.05, 0) is 6.42 Å². The molecule has 0 aromatic carbocycles. The van der Waals surface area contributed by atoms with Crippen molar-refractivity contribution in [2.45, 2.75) is 19.8 Å². The first-order valence-corrected chi connectivity index (χ1v) is 5.95. The van der Waals surface area contributed by atoms with Gasteiger partial charge in [0.25, 0.3) is 5.69 Å². The molecule has 0 unspecified atom stereocenters. The highest BCUT2D eigenvalue weighted by molar-refractivity contribution is 5.76. The first kappa shape index (κ1) is 14.7. The highest BCUT2D eigenvalue weighted by atomic mass is 16.6. The summed E-state index contributed by atoms with van der Waals surface area (Å²) in [6.07, 6.45) is 1.15. The number of aromatic nitrogens is 1. The minimum Gasteiger partial charge on any atom is -0.383 e. The van der Waals surface area contributed by atoms with E-state index >= 15 is 0 Å². The van der Waals surface area contributed by atoms with Gasteiger partial charge in [0.05, 0.1) is 17.1 Å². The standard InChI is InChI=1S/C11H17N5O3/c1-2-4-14-11(17)3-5-13-10-7-8(16(18)19)6-9(12)15-10/h6-7H,2-5H2,1H3,(H,14,17)(H3,12,13,15). The van der Waals surface area contributed by atoms with Crippen LogP contribution in [0.1, 0.15) is 19.8 Å². The van der Waals surface area contributed by atoms with Gasteiger partial charge in [-0.3, -0.25) is 14.9 Å². The predicted octanol–water partition coefficient (Wildman–Crippen LogP) is 0.900. The molecule has 0 saturated heterocycles. The van der Waals surface area contributed by atoms with Gasteiger partial charge in [-0.1, -0.05) is 6.92 Å². The average molecular weight is 267 g/mol. The smallest absolute Gasteiger partial charge is 0.276 e. The molecule has 0 spiro atoms. The fourth-order valence-electron chi connectivity index (χ4n) is 1.39. The van der Waals surface area contributed by atoms with Crippen molar-refractivity contribution in [3.05, 3.63) is 22.2 Å². The lowest BCUT2D eigenvalue weighted by Crippen LogP contribution is -2.26. The van der Waals surface area contributed by atoms with Gasteiger partial charge in [-0.25, -0.2) is 4.98 Å². The molecule has 0 aliphatic rings. The summed E-state index contributed by atoms with van der Waals surface area (Å²) in [5.41, 5.74) is 5.33. The van der Waals surface area contributed by atoms with Crippen LogP contribution >= 0.6 is 0 Å². The molecule has 0 aliphatic heterocycles. The number of nitrogens with zero attached hydrogens (tertiary/aromatic N) is 2. The number of carbonyl (C=O) groups is 1. The normalized spacial score (nSPS) is 9.95. The maximum Gasteiger partial charge on any atom is 0.276 e. The molecule has 8 heteroatoms. The van der Waals surface area contributed by atoms with Gasteiger partial charge < -0.3 is 16.4 Å². The number of pyridine rings is 1. The number of carbonyl (C=O) groups excluding carboxylic acids is 1. The Labute approximate surface area is 110 Å². The SMILES string of the molecule is CCCNC(=O)CCNc1cc([N+](=O)[O-])cc(N)n1. The molecule has 0 radical (unpaired) electrons. The number of nitrogens with two attached hydrogens (primary N) is 1. The average Bonchev–Trinajstić information content (AvgIpc) is 2.35. The second-order valence-electron chi connectivity index (χ2n) is 3.92. The second kappa shape index (κ2) is 7.14. The molecular formula is C11H17N5O3. The highest BCUT2D eigenvalue weighted by Gasteiger charge is 2.09. The summed E-state index contributed by atoms with van der Waals surface area (Å²) in [5, 5.41) is 16.2. The minimum absolute atomic E-state index is 0.0622. The lowest BCUT2D eigenvalue weighted by atomic mass is 10.3. The molecule has 1 aromatic rings. The summed E-state index contributed by atoms with van der Waals surface area (Å²) in [6, 6.07) is 2.46. The van der Waals surface area contributed by atoms with Gasteiger partial charge in [0.15, 0.2) is 0 Å². The third kappa shape index (κ3) is 5.19. The summed E-state index contributed by atoms with van der Waals surface area (Å²) in [4.78, 5) is 25.3. The van der Waals surface area contributed by atoms with Crippen LogP contribution in [-0.4, -0.2) is 28.9 Å². The van der Waals surface area contributed by atoms with Gasteiger partial charge in [-0.2, -0.15) is 0 Å². The number of hydrogen-bond acceptors (Lipinski definition) is 6. The Morgan fingerprint density at radius 3 is 2.84 bits per heavy atom. The van der Waals surface area contributed by atoms with Crippen molar-refractivity contribution in [2.75, 3.05) is 24.1 Å². The van der Waals surface area contributed by atoms with E-state index in [0.29, 0.717) is 13.1 Å². The van der Waals surface area contributed by atoms with E-state index in [1.807, 2.05) is 6.92 Å². The highest BCUT2D eigenvalue weighted by Crippen LogP contribution is 2.18. The van der Waals surface area contributed by atoms with Gasteiger partial charge in [0, 0.05) is 19.5 Å². The molecule has 19 heavy (non-hydrogen) atoms. The number of nitrogens with one attached hydrogen (secondary N) is 2. The Morgan fingerprint density at radius 2 is 2.21 bits per heavy atom. The number of rotatable bonds is 7. The molecule has 1 rings (SSSR count). The van der Waals surface area contributed by atoms with E-state index in [4.69, 9.17) is 5.73 Å².